The second kappa shape index (κ2) is 15.2. The number of ether oxygens (including phenoxy) is 3. The van der Waals surface area contributed by atoms with Crippen LogP contribution in [0.15, 0.2) is 18.2 Å². The van der Waals surface area contributed by atoms with Crippen molar-refractivity contribution in [2.45, 2.75) is 89.8 Å². The summed E-state index contributed by atoms with van der Waals surface area (Å²) in [4.78, 5) is 43.6. The van der Waals surface area contributed by atoms with Gasteiger partial charge < -0.3 is 34.6 Å². The van der Waals surface area contributed by atoms with E-state index in [2.05, 4.69) is 15.5 Å². The Kier molecular flexibility index (Phi) is 11.7. The zero-order valence-electron chi connectivity index (χ0n) is 26.8. The lowest BCUT2D eigenvalue weighted by Gasteiger charge is -2.36. The third kappa shape index (κ3) is 8.85. The van der Waals surface area contributed by atoms with Crippen LogP contribution in [0.25, 0.3) is 0 Å². The summed E-state index contributed by atoms with van der Waals surface area (Å²) in [5.41, 5.74) is 0.156. The van der Waals surface area contributed by atoms with Crippen LogP contribution in [-0.4, -0.2) is 98.8 Å². The molecule has 240 valence electrons. The minimum atomic E-state index is -0.408. The minimum absolute atomic E-state index is 0.00275. The van der Waals surface area contributed by atoms with Crippen molar-refractivity contribution in [3.05, 3.63) is 23.8 Å². The lowest BCUT2D eigenvalue weighted by atomic mass is 9.90. The normalized spacial score (nSPS) is 21.1. The van der Waals surface area contributed by atoms with Crippen molar-refractivity contribution in [3.63, 3.8) is 0 Å². The van der Waals surface area contributed by atoms with E-state index in [9.17, 15) is 14.4 Å². The zero-order chi connectivity index (χ0) is 31.0. The first-order valence-corrected chi connectivity index (χ1v) is 16.1. The molecule has 3 amide bonds. The van der Waals surface area contributed by atoms with Crippen molar-refractivity contribution in [3.8, 4) is 11.5 Å². The third-order valence-corrected chi connectivity index (χ3v) is 9.19. The van der Waals surface area contributed by atoms with Crippen LogP contribution in [0.5, 0.6) is 11.5 Å². The average molecular weight is 601 g/mol. The molecule has 10 heteroatoms. The van der Waals surface area contributed by atoms with Crippen LogP contribution in [0.3, 0.4) is 0 Å². The number of carbonyl (C=O) groups excluding carboxylic acids is 3. The van der Waals surface area contributed by atoms with Gasteiger partial charge in [-0.05, 0) is 69.6 Å². The number of rotatable bonds is 16. The molecule has 0 unspecified atom stereocenters. The summed E-state index contributed by atoms with van der Waals surface area (Å²) in [5, 5.41) is 6.67. The van der Waals surface area contributed by atoms with Crippen molar-refractivity contribution >= 4 is 17.7 Å². The van der Waals surface area contributed by atoms with Gasteiger partial charge in [-0.3, -0.25) is 14.4 Å². The highest BCUT2D eigenvalue weighted by Gasteiger charge is 2.43. The Bertz CT molecular complexity index is 1100. The predicted molar refractivity (Wildman–Crippen MR) is 165 cm³/mol. The summed E-state index contributed by atoms with van der Waals surface area (Å²) in [6, 6.07) is 5.64. The Balaban J connectivity index is 1.43. The molecular weight excluding hydrogens is 548 g/mol. The molecule has 2 N–H and O–H groups in total. The van der Waals surface area contributed by atoms with E-state index in [1.807, 2.05) is 18.7 Å². The number of benzene rings is 1. The fraction of sp³-hybridized carbons (Fsp3) is 0.727. The number of hydrogen-bond acceptors (Lipinski definition) is 7. The molecule has 10 nitrogen and oxygen atoms in total. The highest BCUT2D eigenvalue weighted by atomic mass is 16.5. The summed E-state index contributed by atoms with van der Waals surface area (Å²) in [5.74, 6) is 1.65. The first kappa shape index (κ1) is 33.1. The number of carbonyl (C=O) groups is 3. The molecule has 4 rings (SSSR count). The average Bonchev–Trinajstić information content (AvgIpc) is 3.56. The summed E-state index contributed by atoms with van der Waals surface area (Å²) < 4.78 is 16.5. The smallest absolute Gasteiger partial charge is 0.254 e. The number of methoxy groups -OCH3 is 2. The van der Waals surface area contributed by atoms with Crippen molar-refractivity contribution in [1.29, 1.82) is 0 Å². The SMILES string of the molecule is COCCCOc1cc(C(=O)N(C[C@@H]2CNC[C@@H]2CN(C(=O)CC2(NC(C)=O)CCCC2)C2CC2)C(C)C)ccc1OC. The largest absolute Gasteiger partial charge is 0.493 e. The number of hydrogen-bond donors (Lipinski definition) is 2. The lowest BCUT2D eigenvalue weighted by Crippen LogP contribution is -2.51. The van der Waals surface area contributed by atoms with Crippen LogP contribution in [-0.2, 0) is 14.3 Å². The van der Waals surface area contributed by atoms with Crippen molar-refractivity contribution in [1.82, 2.24) is 20.4 Å². The number of nitrogens with zero attached hydrogens (tertiary/aromatic N) is 2. The van der Waals surface area contributed by atoms with Crippen LogP contribution < -0.4 is 20.1 Å². The van der Waals surface area contributed by atoms with E-state index in [1.165, 1.54) is 0 Å². The van der Waals surface area contributed by atoms with E-state index >= 15 is 0 Å². The second-order valence-corrected chi connectivity index (χ2v) is 12.9. The van der Waals surface area contributed by atoms with Gasteiger partial charge >= 0.3 is 0 Å². The van der Waals surface area contributed by atoms with Gasteiger partial charge in [0.2, 0.25) is 11.8 Å². The topological polar surface area (TPSA) is 109 Å². The van der Waals surface area contributed by atoms with Gasteiger partial charge in [-0.2, -0.15) is 0 Å². The number of amides is 3. The molecule has 2 aliphatic carbocycles. The van der Waals surface area contributed by atoms with E-state index < -0.39 is 5.54 Å². The van der Waals surface area contributed by atoms with E-state index in [1.54, 1.807) is 39.3 Å². The molecule has 1 saturated heterocycles. The highest BCUT2D eigenvalue weighted by Crippen LogP contribution is 2.36. The van der Waals surface area contributed by atoms with Gasteiger partial charge in [0.1, 0.15) is 0 Å². The first-order valence-electron chi connectivity index (χ1n) is 16.1. The summed E-state index contributed by atoms with van der Waals surface area (Å²) in [6.45, 7) is 9.61. The van der Waals surface area contributed by atoms with Crippen molar-refractivity contribution < 1.29 is 28.6 Å². The van der Waals surface area contributed by atoms with E-state index in [0.717, 1.165) is 58.0 Å². The summed E-state index contributed by atoms with van der Waals surface area (Å²) >= 11 is 0. The van der Waals surface area contributed by atoms with Crippen LogP contribution >= 0.6 is 0 Å². The van der Waals surface area contributed by atoms with E-state index in [0.29, 0.717) is 49.8 Å². The second-order valence-electron chi connectivity index (χ2n) is 12.9. The Labute approximate surface area is 257 Å². The molecule has 43 heavy (non-hydrogen) atoms. The van der Waals surface area contributed by atoms with Gasteiger partial charge in [0.25, 0.3) is 5.91 Å². The molecular formula is C33H52N4O6. The van der Waals surface area contributed by atoms with Crippen molar-refractivity contribution in [2.24, 2.45) is 11.8 Å². The molecule has 2 saturated carbocycles. The van der Waals surface area contributed by atoms with Crippen LogP contribution in [0.2, 0.25) is 0 Å². The van der Waals surface area contributed by atoms with E-state index in [4.69, 9.17) is 14.2 Å². The van der Waals surface area contributed by atoms with Crippen LogP contribution in [0.1, 0.15) is 82.5 Å². The Morgan fingerprint density at radius 2 is 1.72 bits per heavy atom. The Hall–Kier alpha value is -2.85. The highest BCUT2D eigenvalue weighted by molar-refractivity contribution is 5.95. The Morgan fingerprint density at radius 1 is 1.02 bits per heavy atom. The van der Waals surface area contributed by atoms with E-state index in [-0.39, 0.29) is 41.6 Å². The molecule has 0 bridgehead atoms. The zero-order valence-corrected chi connectivity index (χ0v) is 26.8. The van der Waals surface area contributed by atoms with Crippen LogP contribution in [0, 0.1) is 11.8 Å². The monoisotopic (exact) mass is 600 g/mol. The van der Waals surface area contributed by atoms with Crippen molar-refractivity contribution in [2.75, 3.05) is 53.6 Å². The quantitative estimate of drug-likeness (QED) is 0.279. The molecule has 1 heterocycles. The predicted octanol–water partition coefficient (Wildman–Crippen LogP) is 3.63. The molecule has 1 aliphatic heterocycles. The van der Waals surface area contributed by atoms with Gasteiger partial charge in [-0.15, -0.1) is 0 Å². The van der Waals surface area contributed by atoms with Gasteiger partial charge in [-0.1, -0.05) is 12.8 Å². The molecule has 0 radical (unpaired) electrons. The van der Waals surface area contributed by atoms with Crippen LogP contribution in [0.4, 0.5) is 0 Å². The standard InChI is InChI=1S/C33H52N4O6/c1-23(2)36(32(40)25-9-12-29(42-5)30(17-25)43-16-8-15-41-4)21-26-19-34-20-27(26)22-37(28-10-11-28)31(39)18-33(35-24(3)38)13-6-7-14-33/h9,12,17,23,26-28,34H,6-8,10-11,13-16,18-22H2,1-5H3,(H,35,38)/t26-,27+/m0/s1. The summed E-state index contributed by atoms with van der Waals surface area (Å²) in [7, 11) is 3.25. The van der Waals surface area contributed by atoms with Gasteiger partial charge in [0.15, 0.2) is 11.5 Å². The van der Waals surface area contributed by atoms with Gasteiger partial charge in [-0.25, -0.2) is 0 Å². The number of nitrogens with one attached hydrogen (secondary N) is 2. The summed E-state index contributed by atoms with van der Waals surface area (Å²) in [6.07, 6.45) is 6.99. The minimum Gasteiger partial charge on any atom is -0.493 e. The molecule has 1 aromatic rings. The lowest BCUT2D eigenvalue weighted by molar-refractivity contribution is -0.134. The maximum atomic E-state index is 13.9. The van der Waals surface area contributed by atoms with Gasteiger partial charge in [0, 0.05) is 82.8 Å². The molecule has 0 spiro atoms. The van der Waals surface area contributed by atoms with Gasteiger partial charge in [0.05, 0.1) is 13.7 Å². The molecule has 1 aromatic carbocycles. The maximum Gasteiger partial charge on any atom is 0.254 e. The maximum absolute atomic E-state index is 13.9. The fourth-order valence-electron chi connectivity index (χ4n) is 6.72. The molecule has 0 aromatic heterocycles. The first-order chi connectivity index (χ1) is 20.7. The molecule has 3 fully saturated rings. The third-order valence-electron chi connectivity index (χ3n) is 9.19. The fourth-order valence-corrected chi connectivity index (χ4v) is 6.72. The molecule has 3 aliphatic rings. The Morgan fingerprint density at radius 3 is 2.33 bits per heavy atom. The molecule has 2 atom stereocenters.